The van der Waals surface area contributed by atoms with Crippen molar-refractivity contribution < 1.29 is 14.3 Å². The highest BCUT2D eigenvalue weighted by Crippen LogP contribution is 2.15. The van der Waals surface area contributed by atoms with Crippen molar-refractivity contribution in [3.05, 3.63) is 35.4 Å². The molecule has 0 atom stereocenters. The third kappa shape index (κ3) is 5.60. The number of carbonyl (C=O) groups excluding carboxylic acids is 1. The summed E-state index contributed by atoms with van der Waals surface area (Å²) in [5.41, 5.74) is 1.56. The summed E-state index contributed by atoms with van der Waals surface area (Å²) in [5, 5.41) is 0. The first kappa shape index (κ1) is 15.3. The Morgan fingerprint density at radius 3 is 2.42 bits per heavy atom. The lowest BCUT2D eigenvalue weighted by Gasteiger charge is -2.08. The predicted molar refractivity (Wildman–Crippen MR) is 77.1 cm³/mol. The van der Waals surface area contributed by atoms with Crippen LogP contribution < -0.4 is 4.74 Å². The molecule has 0 heterocycles. The highest BCUT2D eigenvalue weighted by Gasteiger charge is 2.04. The SMILES string of the molecule is CCOC(=O)/C(C)=C/c1ccc(OCC(C)C)cc1. The zero-order chi connectivity index (χ0) is 14.3. The van der Waals surface area contributed by atoms with Gasteiger partial charge in [0.15, 0.2) is 0 Å². The van der Waals surface area contributed by atoms with Gasteiger partial charge < -0.3 is 9.47 Å². The van der Waals surface area contributed by atoms with E-state index in [1.165, 1.54) is 0 Å². The monoisotopic (exact) mass is 262 g/mol. The molecule has 1 aromatic rings. The van der Waals surface area contributed by atoms with Crippen LogP contribution in [0.1, 0.15) is 33.3 Å². The van der Waals surface area contributed by atoms with Gasteiger partial charge in [0.2, 0.25) is 0 Å². The van der Waals surface area contributed by atoms with Gasteiger partial charge in [0.25, 0.3) is 0 Å². The van der Waals surface area contributed by atoms with Crippen LogP contribution in [-0.2, 0) is 9.53 Å². The van der Waals surface area contributed by atoms with Crippen LogP contribution in [0.5, 0.6) is 5.75 Å². The standard InChI is InChI=1S/C16H22O3/c1-5-18-16(17)13(4)10-14-6-8-15(9-7-14)19-11-12(2)3/h6-10,12H,5,11H2,1-4H3/b13-10+. The van der Waals surface area contributed by atoms with Crippen LogP contribution >= 0.6 is 0 Å². The molecule has 1 rings (SSSR count). The minimum Gasteiger partial charge on any atom is -0.493 e. The number of carbonyl (C=O) groups is 1. The molecule has 0 fully saturated rings. The van der Waals surface area contributed by atoms with Gasteiger partial charge in [-0.1, -0.05) is 26.0 Å². The molecule has 0 aliphatic carbocycles. The number of esters is 1. The molecule has 0 aliphatic heterocycles. The molecule has 104 valence electrons. The molecule has 3 heteroatoms. The summed E-state index contributed by atoms with van der Waals surface area (Å²) >= 11 is 0. The Balaban J connectivity index is 2.65. The van der Waals surface area contributed by atoms with Crippen molar-refractivity contribution in [2.75, 3.05) is 13.2 Å². The van der Waals surface area contributed by atoms with Gasteiger partial charge in [-0.25, -0.2) is 4.79 Å². The number of hydrogen-bond acceptors (Lipinski definition) is 3. The summed E-state index contributed by atoms with van der Waals surface area (Å²) < 4.78 is 10.5. The number of hydrogen-bond donors (Lipinski definition) is 0. The topological polar surface area (TPSA) is 35.5 Å². The maximum absolute atomic E-state index is 11.5. The second kappa shape index (κ2) is 7.62. The minimum atomic E-state index is -0.275. The molecular formula is C16H22O3. The van der Waals surface area contributed by atoms with Gasteiger partial charge in [0.05, 0.1) is 13.2 Å². The molecule has 0 amide bonds. The molecule has 0 bridgehead atoms. The lowest BCUT2D eigenvalue weighted by atomic mass is 10.1. The van der Waals surface area contributed by atoms with E-state index < -0.39 is 0 Å². The molecule has 0 N–H and O–H groups in total. The molecule has 1 aromatic carbocycles. The molecule has 3 nitrogen and oxygen atoms in total. The molecule has 0 saturated heterocycles. The van der Waals surface area contributed by atoms with Crippen LogP contribution in [-0.4, -0.2) is 19.2 Å². The average molecular weight is 262 g/mol. The Kier molecular flexibility index (Phi) is 6.13. The lowest BCUT2D eigenvalue weighted by Crippen LogP contribution is -2.05. The summed E-state index contributed by atoms with van der Waals surface area (Å²) in [6, 6.07) is 7.68. The summed E-state index contributed by atoms with van der Waals surface area (Å²) in [6.07, 6.45) is 1.81. The molecular weight excluding hydrogens is 240 g/mol. The summed E-state index contributed by atoms with van der Waals surface area (Å²) in [4.78, 5) is 11.5. The fourth-order valence-corrected chi connectivity index (χ4v) is 1.48. The van der Waals surface area contributed by atoms with E-state index in [4.69, 9.17) is 9.47 Å². The van der Waals surface area contributed by atoms with E-state index in [2.05, 4.69) is 13.8 Å². The maximum atomic E-state index is 11.5. The molecule has 0 saturated carbocycles. The second-order valence-electron chi connectivity index (χ2n) is 4.82. The van der Waals surface area contributed by atoms with Gasteiger partial charge in [-0.15, -0.1) is 0 Å². The van der Waals surface area contributed by atoms with E-state index in [1.54, 1.807) is 13.8 Å². The normalized spacial score (nSPS) is 11.5. The van der Waals surface area contributed by atoms with Crippen molar-refractivity contribution in [1.82, 2.24) is 0 Å². The van der Waals surface area contributed by atoms with E-state index in [9.17, 15) is 4.79 Å². The van der Waals surface area contributed by atoms with E-state index in [-0.39, 0.29) is 5.97 Å². The van der Waals surface area contributed by atoms with Crippen molar-refractivity contribution in [3.8, 4) is 5.75 Å². The smallest absolute Gasteiger partial charge is 0.333 e. The molecule has 0 unspecified atom stereocenters. The summed E-state index contributed by atoms with van der Waals surface area (Å²) in [6.45, 7) is 8.87. The third-order valence-electron chi connectivity index (χ3n) is 2.44. The van der Waals surface area contributed by atoms with Gasteiger partial charge in [-0.3, -0.25) is 0 Å². The van der Waals surface area contributed by atoms with Crippen molar-refractivity contribution in [1.29, 1.82) is 0 Å². The van der Waals surface area contributed by atoms with Crippen LogP contribution in [0.2, 0.25) is 0 Å². The van der Waals surface area contributed by atoms with Crippen LogP contribution in [0, 0.1) is 5.92 Å². The molecule has 0 radical (unpaired) electrons. The number of rotatable bonds is 6. The van der Waals surface area contributed by atoms with E-state index in [0.29, 0.717) is 24.7 Å². The Hall–Kier alpha value is -1.77. The van der Waals surface area contributed by atoms with Crippen LogP contribution in [0.15, 0.2) is 29.8 Å². The second-order valence-corrected chi connectivity index (χ2v) is 4.82. The largest absolute Gasteiger partial charge is 0.493 e. The van der Waals surface area contributed by atoms with Crippen molar-refractivity contribution in [3.63, 3.8) is 0 Å². The quantitative estimate of drug-likeness (QED) is 0.579. The fourth-order valence-electron chi connectivity index (χ4n) is 1.48. The van der Waals surface area contributed by atoms with E-state index in [0.717, 1.165) is 11.3 Å². The molecule has 0 spiro atoms. The van der Waals surface area contributed by atoms with Crippen molar-refractivity contribution >= 4 is 12.0 Å². The van der Waals surface area contributed by atoms with E-state index in [1.807, 2.05) is 30.3 Å². The van der Waals surface area contributed by atoms with Gasteiger partial charge in [-0.05, 0) is 43.5 Å². The Labute approximate surface area is 115 Å². The van der Waals surface area contributed by atoms with Gasteiger partial charge in [-0.2, -0.15) is 0 Å². The maximum Gasteiger partial charge on any atom is 0.333 e. The van der Waals surface area contributed by atoms with Crippen LogP contribution in [0.4, 0.5) is 0 Å². The van der Waals surface area contributed by atoms with Gasteiger partial charge >= 0.3 is 5.97 Å². The Morgan fingerprint density at radius 2 is 1.89 bits per heavy atom. The highest BCUT2D eigenvalue weighted by atomic mass is 16.5. The zero-order valence-electron chi connectivity index (χ0n) is 12.1. The van der Waals surface area contributed by atoms with Gasteiger partial charge in [0.1, 0.15) is 5.75 Å². The van der Waals surface area contributed by atoms with Crippen molar-refractivity contribution in [2.24, 2.45) is 5.92 Å². The number of benzene rings is 1. The zero-order valence-corrected chi connectivity index (χ0v) is 12.1. The number of ether oxygens (including phenoxy) is 2. The summed E-state index contributed by atoms with van der Waals surface area (Å²) in [7, 11) is 0. The van der Waals surface area contributed by atoms with Crippen LogP contribution in [0.3, 0.4) is 0 Å². The van der Waals surface area contributed by atoms with Crippen LogP contribution in [0.25, 0.3) is 6.08 Å². The lowest BCUT2D eigenvalue weighted by molar-refractivity contribution is -0.138. The average Bonchev–Trinajstić information content (AvgIpc) is 2.38. The first-order chi connectivity index (χ1) is 9.02. The first-order valence-corrected chi connectivity index (χ1v) is 6.61. The van der Waals surface area contributed by atoms with Gasteiger partial charge in [0, 0.05) is 5.57 Å². The fraction of sp³-hybridized carbons (Fsp3) is 0.438. The minimum absolute atomic E-state index is 0.275. The Morgan fingerprint density at radius 1 is 1.26 bits per heavy atom. The highest BCUT2D eigenvalue weighted by molar-refractivity contribution is 5.92. The third-order valence-corrected chi connectivity index (χ3v) is 2.44. The first-order valence-electron chi connectivity index (χ1n) is 6.61. The predicted octanol–water partition coefficient (Wildman–Crippen LogP) is 3.69. The molecule has 0 aromatic heterocycles. The van der Waals surface area contributed by atoms with E-state index >= 15 is 0 Å². The Bertz CT molecular complexity index is 430. The van der Waals surface area contributed by atoms with Crippen molar-refractivity contribution in [2.45, 2.75) is 27.7 Å². The molecule has 0 aliphatic rings. The molecule has 19 heavy (non-hydrogen) atoms. The summed E-state index contributed by atoms with van der Waals surface area (Å²) in [5.74, 6) is 1.08.